The van der Waals surface area contributed by atoms with Crippen LogP contribution in [0.2, 0.25) is 0 Å². The van der Waals surface area contributed by atoms with E-state index in [-0.39, 0.29) is 18.4 Å². The fourth-order valence-corrected chi connectivity index (χ4v) is 2.16. The van der Waals surface area contributed by atoms with Crippen LogP contribution in [0.4, 0.5) is 0 Å². The van der Waals surface area contributed by atoms with Gasteiger partial charge in [-0.3, -0.25) is 0 Å². The molecule has 0 radical (unpaired) electrons. The molecule has 0 aromatic heterocycles. The summed E-state index contributed by atoms with van der Waals surface area (Å²) in [6, 6.07) is 0. The summed E-state index contributed by atoms with van der Waals surface area (Å²) in [5.41, 5.74) is -1.60. The molecule has 0 bridgehead atoms. The zero-order chi connectivity index (χ0) is 12.9. The summed E-state index contributed by atoms with van der Waals surface area (Å²) in [5.74, 6) is 5.13. The summed E-state index contributed by atoms with van der Waals surface area (Å²) in [6.07, 6.45) is 3.80. The number of hydrogen-bond acceptors (Lipinski definition) is 3. The van der Waals surface area contributed by atoms with Crippen molar-refractivity contribution in [2.45, 2.75) is 52.1 Å². The highest BCUT2D eigenvalue weighted by molar-refractivity contribution is 5.84. The number of carbonyl (C=O) groups excluding carboxylic acids is 1. The van der Waals surface area contributed by atoms with Crippen LogP contribution in [0.25, 0.3) is 0 Å². The van der Waals surface area contributed by atoms with Crippen LogP contribution in [-0.2, 0) is 9.53 Å². The second-order valence-corrected chi connectivity index (χ2v) is 4.89. The predicted molar refractivity (Wildman–Crippen MR) is 66.2 cm³/mol. The largest absolute Gasteiger partial charge is 0.463 e. The first-order chi connectivity index (χ1) is 8.00. The molecule has 0 aromatic carbocycles. The van der Waals surface area contributed by atoms with Crippen LogP contribution < -0.4 is 0 Å². The molecule has 1 N–H and O–H groups in total. The summed E-state index contributed by atoms with van der Waals surface area (Å²) in [6.45, 7) is 5.89. The highest BCUT2D eigenvalue weighted by Gasteiger charge is 2.45. The third kappa shape index (κ3) is 3.47. The van der Waals surface area contributed by atoms with Crippen LogP contribution in [0.5, 0.6) is 0 Å². The predicted octanol–water partition coefficient (Wildman–Crippen LogP) is 2.13. The van der Waals surface area contributed by atoms with E-state index in [1.54, 1.807) is 6.92 Å². The van der Waals surface area contributed by atoms with Crippen molar-refractivity contribution in [1.29, 1.82) is 0 Å². The first-order valence-corrected chi connectivity index (χ1v) is 6.43. The zero-order valence-corrected chi connectivity index (χ0v) is 11.0. The molecule has 1 atom stereocenters. The van der Waals surface area contributed by atoms with Crippen molar-refractivity contribution >= 4 is 5.97 Å². The minimum Gasteiger partial charge on any atom is -0.463 e. The number of hydrogen-bond donors (Lipinski definition) is 1. The van der Waals surface area contributed by atoms with E-state index in [1.165, 1.54) is 0 Å². The Morgan fingerprint density at radius 2 is 2.06 bits per heavy atom. The van der Waals surface area contributed by atoms with E-state index >= 15 is 0 Å². The van der Waals surface area contributed by atoms with Gasteiger partial charge in [0.05, 0.1) is 6.61 Å². The highest BCUT2D eigenvalue weighted by atomic mass is 16.5. The summed E-state index contributed by atoms with van der Waals surface area (Å²) in [7, 11) is 0. The van der Waals surface area contributed by atoms with Crippen molar-refractivity contribution in [3.8, 4) is 11.8 Å². The SMILES string of the molecule is CCOC(=O)C(O)(C#CC(C)C)C1CCCC1. The molecular formula is C14H22O3. The van der Waals surface area contributed by atoms with Crippen molar-refractivity contribution in [2.75, 3.05) is 6.61 Å². The standard InChI is InChI=1S/C14H22O3/c1-4-17-13(15)14(16,10-9-11(2)3)12-7-5-6-8-12/h11-12,16H,4-8H2,1-3H3. The van der Waals surface area contributed by atoms with Crippen LogP contribution in [-0.4, -0.2) is 23.3 Å². The molecule has 0 saturated heterocycles. The summed E-state index contributed by atoms with van der Waals surface area (Å²) in [4.78, 5) is 11.9. The highest BCUT2D eigenvalue weighted by Crippen LogP contribution is 2.34. The fourth-order valence-electron chi connectivity index (χ4n) is 2.16. The molecule has 96 valence electrons. The smallest absolute Gasteiger partial charge is 0.351 e. The minimum atomic E-state index is -1.60. The summed E-state index contributed by atoms with van der Waals surface area (Å²) >= 11 is 0. The van der Waals surface area contributed by atoms with Gasteiger partial charge in [-0.05, 0) is 19.8 Å². The molecule has 0 spiro atoms. The Balaban J connectivity index is 2.91. The van der Waals surface area contributed by atoms with E-state index in [9.17, 15) is 9.90 Å². The molecular weight excluding hydrogens is 216 g/mol. The van der Waals surface area contributed by atoms with Crippen molar-refractivity contribution in [3.05, 3.63) is 0 Å². The average molecular weight is 238 g/mol. The molecule has 0 amide bonds. The number of rotatable bonds is 3. The molecule has 1 rings (SSSR count). The van der Waals surface area contributed by atoms with E-state index < -0.39 is 11.6 Å². The molecule has 3 nitrogen and oxygen atoms in total. The Bertz CT molecular complexity index is 318. The molecule has 0 aliphatic heterocycles. The number of ether oxygens (including phenoxy) is 1. The van der Waals surface area contributed by atoms with Gasteiger partial charge in [-0.1, -0.05) is 38.5 Å². The summed E-state index contributed by atoms with van der Waals surface area (Å²) < 4.78 is 4.96. The average Bonchev–Trinajstić information content (AvgIpc) is 2.80. The Labute approximate surface area is 104 Å². The van der Waals surface area contributed by atoms with Crippen molar-refractivity contribution in [1.82, 2.24) is 0 Å². The normalized spacial score (nSPS) is 19.6. The minimum absolute atomic E-state index is 0.0761. The number of aliphatic hydroxyl groups is 1. The molecule has 0 heterocycles. The van der Waals surface area contributed by atoms with E-state index in [0.717, 1.165) is 25.7 Å². The number of carbonyl (C=O) groups is 1. The van der Waals surface area contributed by atoms with E-state index in [0.29, 0.717) is 0 Å². The second kappa shape index (κ2) is 6.07. The van der Waals surface area contributed by atoms with Gasteiger partial charge in [0.1, 0.15) is 0 Å². The first-order valence-electron chi connectivity index (χ1n) is 6.43. The van der Waals surface area contributed by atoms with Crippen LogP contribution in [0.1, 0.15) is 46.5 Å². The van der Waals surface area contributed by atoms with Gasteiger partial charge in [-0.15, -0.1) is 0 Å². The van der Waals surface area contributed by atoms with Crippen LogP contribution >= 0.6 is 0 Å². The van der Waals surface area contributed by atoms with Gasteiger partial charge in [0, 0.05) is 11.8 Å². The van der Waals surface area contributed by atoms with Crippen molar-refractivity contribution in [2.24, 2.45) is 11.8 Å². The van der Waals surface area contributed by atoms with E-state index in [1.807, 2.05) is 13.8 Å². The Kier molecular flexibility index (Phi) is 5.02. The first kappa shape index (κ1) is 14.1. The molecule has 1 unspecified atom stereocenters. The fraction of sp³-hybridized carbons (Fsp3) is 0.786. The lowest BCUT2D eigenvalue weighted by Gasteiger charge is -2.26. The molecule has 1 saturated carbocycles. The maximum absolute atomic E-state index is 11.9. The topological polar surface area (TPSA) is 46.5 Å². The zero-order valence-electron chi connectivity index (χ0n) is 11.0. The maximum Gasteiger partial charge on any atom is 0.351 e. The van der Waals surface area contributed by atoms with Gasteiger partial charge in [0.15, 0.2) is 0 Å². The molecule has 1 fully saturated rings. The lowest BCUT2D eigenvalue weighted by molar-refractivity contribution is -0.163. The number of esters is 1. The van der Waals surface area contributed by atoms with Gasteiger partial charge in [-0.25, -0.2) is 4.79 Å². The second-order valence-electron chi connectivity index (χ2n) is 4.89. The third-order valence-corrected chi connectivity index (χ3v) is 3.08. The van der Waals surface area contributed by atoms with Crippen LogP contribution in [0.3, 0.4) is 0 Å². The lowest BCUT2D eigenvalue weighted by Crippen LogP contribution is -2.45. The summed E-state index contributed by atoms with van der Waals surface area (Å²) in [5, 5.41) is 10.5. The van der Waals surface area contributed by atoms with Gasteiger partial charge in [0.25, 0.3) is 0 Å². The molecule has 17 heavy (non-hydrogen) atoms. The monoisotopic (exact) mass is 238 g/mol. The Morgan fingerprint density at radius 1 is 1.47 bits per heavy atom. The quantitative estimate of drug-likeness (QED) is 0.605. The molecule has 1 aliphatic rings. The van der Waals surface area contributed by atoms with E-state index in [4.69, 9.17) is 4.74 Å². The van der Waals surface area contributed by atoms with Gasteiger partial charge in [0.2, 0.25) is 5.60 Å². The third-order valence-electron chi connectivity index (χ3n) is 3.08. The molecule has 3 heteroatoms. The van der Waals surface area contributed by atoms with Gasteiger partial charge in [-0.2, -0.15) is 0 Å². The molecule has 1 aliphatic carbocycles. The van der Waals surface area contributed by atoms with E-state index in [2.05, 4.69) is 11.8 Å². The Hall–Kier alpha value is -1.01. The van der Waals surface area contributed by atoms with Crippen LogP contribution in [0, 0.1) is 23.7 Å². The van der Waals surface area contributed by atoms with Crippen molar-refractivity contribution in [3.63, 3.8) is 0 Å². The maximum atomic E-state index is 11.9. The van der Waals surface area contributed by atoms with Crippen LogP contribution in [0.15, 0.2) is 0 Å². The van der Waals surface area contributed by atoms with Crippen molar-refractivity contribution < 1.29 is 14.6 Å². The van der Waals surface area contributed by atoms with Gasteiger partial charge >= 0.3 is 5.97 Å². The molecule has 0 aromatic rings. The lowest BCUT2D eigenvalue weighted by atomic mass is 9.86. The van der Waals surface area contributed by atoms with Gasteiger partial charge < -0.3 is 9.84 Å². The Morgan fingerprint density at radius 3 is 2.53 bits per heavy atom.